The molecule has 1 rings (SSSR count). The Morgan fingerprint density at radius 3 is 2.54 bits per heavy atom. The van der Waals surface area contributed by atoms with Gasteiger partial charge in [0.05, 0.1) is 6.10 Å². The highest BCUT2D eigenvalue weighted by molar-refractivity contribution is 4.76. The minimum atomic E-state index is -0.218. The van der Waals surface area contributed by atoms with Gasteiger partial charge in [-0.3, -0.25) is 0 Å². The van der Waals surface area contributed by atoms with Crippen molar-refractivity contribution in [3.8, 4) is 0 Å². The third kappa shape index (κ3) is 4.07. The first-order valence-corrected chi connectivity index (χ1v) is 5.36. The maximum Gasteiger partial charge on any atom is 0.0636 e. The molecule has 0 aromatic rings. The second kappa shape index (κ2) is 5.58. The highest BCUT2D eigenvalue weighted by Crippen LogP contribution is 2.09. The quantitative estimate of drug-likeness (QED) is 0.669. The maximum atomic E-state index is 9.11. The van der Waals surface area contributed by atoms with Gasteiger partial charge in [0.1, 0.15) is 0 Å². The molecule has 0 amide bonds. The largest absolute Gasteiger partial charge is 0.392 e. The summed E-state index contributed by atoms with van der Waals surface area (Å²) in [5, 5.41) is 12.5. The monoisotopic (exact) mass is 186 g/mol. The Labute approximate surface area is 81.1 Å². The molecule has 1 heterocycles. The molecule has 1 atom stereocenters. The average Bonchev–Trinajstić information content (AvgIpc) is 2.15. The molecule has 1 fully saturated rings. The van der Waals surface area contributed by atoms with E-state index in [0.29, 0.717) is 6.04 Å². The Balaban J connectivity index is 2.10. The fraction of sp³-hybridized carbons (Fsp3) is 1.00. The van der Waals surface area contributed by atoms with E-state index in [1.165, 1.54) is 32.5 Å². The molecule has 0 aliphatic carbocycles. The van der Waals surface area contributed by atoms with E-state index in [1.54, 1.807) is 0 Å². The molecule has 0 spiro atoms. The van der Waals surface area contributed by atoms with Crippen LogP contribution < -0.4 is 5.32 Å². The van der Waals surface area contributed by atoms with Crippen LogP contribution >= 0.6 is 0 Å². The van der Waals surface area contributed by atoms with E-state index in [9.17, 15) is 0 Å². The number of hydrogen-bond donors (Lipinski definition) is 2. The van der Waals surface area contributed by atoms with Crippen molar-refractivity contribution in [3.05, 3.63) is 0 Å². The summed E-state index contributed by atoms with van der Waals surface area (Å²) in [7, 11) is 0. The van der Waals surface area contributed by atoms with Gasteiger partial charge in [-0.2, -0.15) is 0 Å². The molecule has 0 saturated carbocycles. The van der Waals surface area contributed by atoms with Gasteiger partial charge < -0.3 is 15.3 Å². The van der Waals surface area contributed by atoms with Crippen LogP contribution in [0.3, 0.4) is 0 Å². The molecular formula is C10H22N2O. The molecule has 0 bridgehead atoms. The zero-order valence-electron chi connectivity index (χ0n) is 8.79. The van der Waals surface area contributed by atoms with E-state index in [4.69, 9.17) is 5.11 Å². The summed E-state index contributed by atoms with van der Waals surface area (Å²) >= 11 is 0. The van der Waals surface area contributed by atoms with Crippen LogP contribution in [-0.4, -0.2) is 48.3 Å². The molecule has 1 aliphatic heterocycles. The van der Waals surface area contributed by atoms with Crippen molar-refractivity contribution in [2.75, 3.05) is 26.2 Å². The number of likely N-dealkylation sites (tertiary alicyclic amines) is 1. The molecule has 1 aliphatic rings. The third-order valence-electron chi connectivity index (χ3n) is 2.74. The van der Waals surface area contributed by atoms with Crippen molar-refractivity contribution in [1.29, 1.82) is 0 Å². The van der Waals surface area contributed by atoms with E-state index in [-0.39, 0.29) is 6.10 Å². The van der Waals surface area contributed by atoms with Crippen LogP contribution in [-0.2, 0) is 0 Å². The van der Waals surface area contributed by atoms with Crippen molar-refractivity contribution in [1.82, 2.24) is 10.2 Å². The highest BCUT2D eigenvalue weighted by atomic mass is 16.3. The average molecular weight is 186 g/mol. The zero-order valence-corrected chi connectivity index (χ0v) is 8.79. The Morgan fingerprint density at radius 2 is 2.08 bits per heavy atom. The van der Waals surface area contributed by atoms with Crippen LogP contribution in [0.4, 0.5) is 0 Å². The molecular weight excluding hydrogens is 164 g/mol. The number of nitrogens with zero attached hydrogens (tertiary/aromatic N) is 1. The van der Waals surface area contributed by atoms with Gasteiger partial charge in [-0.15, -0.1) is 0 Å². The second-order valence-electron chi connectivity index (χ2n) is 3.97. The number of piperidine rings is 1. The topological polar surface area (TPSA) is 35.5 Å². The minimum absolute atomic E-state index is 0.218. The lowest BCUT2D eigenvalue weighted by Crippen LogP contribution is -2.44. The number of hydrogen-bond acceptors (Lipinski definition) is 3. The lowest BCUT2D eigenvalue weighted by Gasteiger charge is -2.31. The fourth-order valence-electron chi connectivity index (χ4n) is 1.79. The lowest BCUT2D eigenvalue weighted by molar-refractivity contribution is 0.164. The first-order chi connectivity index (χ1) is 6.22. The van der Waals surface area contributed by atoms with Crippen molar-refractivity contribution in [3.63, 3.8) is 0 Å². The summed E-state index contributed by atoms with van der Waals surface area (Å²) < 4.78 is 0. The molecule has 78 valence electrons. The number of nitrogens with one attached hydrogen (secondary N) is 1. The van der Waals surface area contributed by atoms with Gasteiger partial charge >= 0.3 is 0 Å². The molecule has 0 aromatic heterocycles. The molecule has 0 radical (unpaired) electrons. The molecule has 2 N–H and O–H groups in total. The molecule has 1 saturated heterocycles. The number of aliphatic hydroxyl groups excluding tert-OH is 1. The summed E-state index contributed by atoms with van der Waals surface area (Å²) in [6.07, 6.45) is 2.23. The van der Waals surface area contributed by atoms with E-state index < -0.39 is 0 Å². The molecule has 13 heavy (non-hydrogen) atoms. The smallest absolute Gasteiger partial charge is 0.0636 e. The molecule has 0 unspecified atom stereocenters. The zero-order chi connectivity index (χ0) is 9.68. The Bertz CT molecular complexity index is 131. The van der Waals surface area contributed by atoms with Crippen LogP contribution in [0, 0.1) is 0 Å². The van der Waals surface area contributed by atoms with Gasteiger partial charge in [-0.25, -0.2) is 0 Å². The predicted octanol–water partition coefficient (Wildman–Crippen LogP) is 0.441. The first kappa shape index (κ1) is 11.0. The Hall–Kier alpha value is -0.120. The van der Waals surface area contributed by atoms with Gasteiger partial charge in [-0.05, 0) is 39.4 Å². The lowest BCUT2D eigenvalue weighted by atomic mass is 10.1. The van der Waals surface area contributed by atoms with Crippen LogP contribution in [0.25, 0.3) is 0 Å². The van der Waals surface area contributed by atoms with E-state index >= 15 is 0 Å². The SMILES string of the molecule is CCN1CCC(NC[C@H](C)O)CC1. The second-order valence-corrected chi connectivity index (χ2v) is 3.97. The Kier molecular flexibility index (Phi) is 4.70. The fourth-order valence-corrected chi connectivity index (χ4v) is 1.79. The van der Waals surface area contributed by atoms with E-state index in [0.717, 1.165) is 6.54 Å². The summed E-state index contributed by atoms with van der Waals surface area (Å²) in [5.74, 6) is 0. The van der Waals surface area contributed by atoms with Crippen molar-refractivity contribution in [2.24, 2.45) is 0 Å². The van der Waals surface area contributed by atoms with Gasteiger partial charge in [-0.1, -0.05) is 6.92 Å². The summed E-state index contributed by atoms with van der Waals surface area (Å²) in [6, 6.07) is 0.623. The third-order valence-corrected chi connectivity index (χ3v) is 2.74. The number of aliphatic hydroxyl groups is 1. The van der Waals surface area contributed by atoms with E-state index in [2.05, 4.69) is 17.1 Å². The standard InChI is InChI=1S/C10H22N2O/c1-3-12-6-4-10(5-7-12)11-8-9(2)13/h9-11,13H,3-8H2,1-2H3/t9-/m0/s1. The van der Waals surface area contributed by atoms with Gasteiger partial charge in [0.2, 0.25) is 0 Å². The number of rotatable bonds is 4. The summed E-state index contributed by atoms with van der Waals surface area (Å²) in [5.41, 5.74) is 0. The van der Waals surface area contributed by atoms with Gasteiger partial charge in [0, 0.05) is 12.6 Å². The van der Waals surface area contributed by atoms with Crippen molar-refractivity contribution >= 4 is 0 Å². The Morgan fingerprint density at radius 1 is 1.46 bits per heavy atom. The normalized spacial score (nSPS) is 23.3. The molecule has 0 aromatic carbocycles. The van der Waals surface area contributed by atoms with Crippen molar-refractivity contribution < 1.29 is 5.11 Å². The van der Waals surface area contributed by atoms with E-state index in [1.807, 2.05) is 6.92 Å². The van der Waals surface area contributed by atoms with Crippen LogP contribution in [0.2, 0.25) is 0 Å². The minimum Gasteiger partial charge on any atom is -0.392 e. The highest BCUT2D eigenvalue weighted by Gasteiger charge is 2.17. The summed E-state index contributed by atoms with van der Waals surface area (Å²) in [6.45, 7) is 8.35. The molecule has 3 nitrogen and oxygen atoms in total. The van der Waals surface area contributed by atoms with Gasteiger partial charge in [0.25, 0.3) is 0 Å². The van der Waals surface area contributed by atoms with Crippen molar-refractivity contribution in [2.45, 2.75) is 38.8 Å². The van der Waals surface area contributed by atoms with Crippen LogP contribution in [0.15, 0.2) is 0 Å². The van der Waals surface area contributed by atoms with Gasteiger partial charge in [0.15, 0.2) is 0 Å². The first-order valence-electron chi connectivity index (χ1n) is 5.36. The summed E-state index contributed by atoms with van der Waals surface area (Å²) in [4.78, 5) is 2.47. The van der Waals surface area contributed by atoms with Crippen LogP contribution in [0.1, 0.15) is 26.7 Å². The predicted molar refractivity (Wildman–Crippen MR) is 54.8 cm³/mol. The maximum absolute atomic E-state index is 9.11. The van der Waals surface area contributed by atoms with Crippen LogP contribution in [0.5, 0.6) is 0 Å². The molecule has 3 heteroatoms.